The van der Waals surface area contributed by atoms with Crippen molar-refractivity contribution in [2.45, 2.75) is 19.9 Å². The first-order valence-electron chi connectivity index (χ1n) is 10.4. The quantitative estimate of drug-likeness (QED) is 0.479. The molecule has 0 saturated heterocycles. The van der Waals surface area contributed by atoms with Crippen molar-refractivity contribution in [3.63, 3.8) is 0 Å². The molecule has 0 aliphatic heterocycles. The zero-order valence-electron chi connectivity index (χ0n) is 18.5. The van der Waals surface area contributed by atoms with Gasteiger partial charge in [-0.2, -0.15) is 0 Å². The Hall–Kier alpha value is -2.61. The second-order valence-electron chi connectivity index (χ2n) is 7.47. The van der Waals surface area contributed by atoms with E-state index in [0.717, 1.165) is 19.3 Å². The Kier molecular flexibility index (Phi) is 9.07. The third kappa shape index (κ3) is 6.45. The molecule has 3 aromatic carbocycles. The number of nitrogens with zero attached hydrogens (tertiary/aromatic N) is 1. The van der Waals surface area contributed by atoms with Crippen LogP contribution in [0.25, 0.3) is 10.8 Å². The number of rotatable bonds is 9. The summed E-state index contributed by atoms with van der Waals surface area (Å²) in [6.07, 6.45) is 1.09. The first-order valence-corrected chi connectivity index (χ1v) is 12.3. The van der Waals surface area contributed by atoms with Gasteiger partial charge in [0.2, 0.25) is 10.0 Å². The third-order valence-corrected chi connectivity index (χ3v) is 5.95. The number of hydrogen-bond donors (Lipinski definition) is 2. The predicted octanol–water partition coefficient (Wildman–Crippen LogP) is 4.45. The largest absolute Gasteiger partial charge is 0.350 e. The standard InChI is InChI=1S/C24H29N3O3S.ClH/c1-4-27(5-2)23(22-12-8-10-18-9-6-7-11-21(18)22)17-25-24(28)19-13-15-20(16-14-19)26-31(3,29)30;/h6-16,23,26H,4-5,17H2,1-3H3,(H,25,28);1H. The average Bonchev–Trinajstić information content (AvgIpc) is 2.75. The molecule has 0 radical (unpaired) electrons. The number of carbonyl (C=O) groups excluding carboxylic acids is 1. The minimum Gasteiger partial charge on any atom is -0.350 e. The number of amides is 1. The van der Waals surface area contributed by atoms with Crippen LogP contribution in [0.15, 0.2) is 66.7 Å². The zero-order valence-corrected chi connectivity index (χ0v) is 20.2. The van der Waals surface area contributed by atoms with Gasteiger partial charge in [0.25, 0.3) is 5.91 Å². The lowest BCUT2D eigenvalue weighted by molar-refractivity contribution is 0.0935. The Morgan fingerprint density at radius 1 is 0.938 bits per heavy atom. The van der Waals surface area contributed by atoms with Gasteiger partial charge in [-0.05, 0) is 53.7 Å². The Balaban J connectivity index is 0.00000363. The van der Waals surface area contributed by atoms with Gasteiger partial charge in [0, 0.05) is 17.8 Å². The fourth-order valence-electron chi connectivity index (χ4n) is 3.84. The molecule has 0 aliphatic carbocycles. The van der Waals surface area contributed by atoms with Crippen molar-refractivity contribution in [2.24, 2.45) is 0 Å². The first-order chi connectivity index (χ1) is 14.8. The van der Waals surface area contributed by atoms with Crippen molar-refractivity contribution in [3.05, 3.63) is 77.9 Å². The van der Waals surface area contributed by atoms with Crippen LogP contribution in [0.1, 0.15) is 35.8 Å². The summed E-state index contributed by atoms with van der Waals surface area (Å²) >= 11 is 0. The molecule has 6 nitrogen and oxygen atoms in total. The Morgan fingerprint density at radius 2 is 1.56 bits per heavy atom. The number of carbonyl (C=O) groups is 1. The van der Waals surface area contributed by atoms with Crippen molar-refractivity contribution in [1.82, 2.24) is 10.2 Å². The molecule has 0 spiro atoms. The maximum Gasteiger partial charge on any atom is 0.251 e. The van der Waals surface area contributed by atoms with E-state index < -0.39 is 10.0 Å². The Labute approximate surface area is 196 Å². The molecule has 0 bridgehead atoms. The van der Waals surface area contributed by atoms with Gasteiger partial charge >= 0.3 is 0 Å². The van der Waals surface area contributed by atoms with Gasteiger partial charge in [0.05, 0.1) is 12.3 Å². The minimum absolute atomic E-state index is 0. The monoisotopic (exact) mass is 475 g/mol. The first kappa shape index (κ1) is 25.6. The van der Waals surface area contributed by atoms with Gasteiger partial charge < -0.3 is 5.32 Å². The summed E-state index contributed by atoms with van der Waals surface area (Å²) in [6, 6.07) is 21.0. The van der Waals surface area contributed by atoms with Crippen LogP contribution in [0.3, 0.4) is 0 Å². The molecule has 0 heterocycles. The number of likely N-dealkylation sites (N-methyl/N-ethyl adjacent to an activating group) is 1. The van der Waals surface area contributed by atoms with Gasteiger partial charge in [0.15, 0.2) is 0 Å². The van der Waals surface area contributed by atoms with Crippen molar-refractivity contribution in [2.75, 3.05) is 30.6 Å². The third-order valence-electron chi connectivity index (χ3n) is 5.34. The molecular weight excluding hydrogens is 446 g/mol. The fraction of sp³-hybridized carbons (Fsp3) is 0.292. The second kappa shape index (κ2) is 11.3. The van der Waals surface area contributed by atoms with E-state index in [1.54, 1.807) is 24.3 Å². The Bertz CT molecular complexity index is 1140. The fourth-order valence-corrected chi connectivity index (χ4v) is 4.40. The van der Waals surface area contributed by atoms with Crippen LogP contribution >= 0.6 is 12.4 Å². The van der Waals surface area contributed by atoms with Crippen LogP contribution in [0.2, 0.25) is 0 Å². The molecule has 172 valence electrons. The van der Waals surface area contributed by atoms with Crippen molar-refractivity contribution in [1.29, 1.82) is 0 Å². The van der Waals surface area contributed by atoms with Gasteiger partial charge in [-0.25, -0.2) is 8.42 Å². The highest BCUT2D eigenvalue weighted by Crippen LogP contribution is 2.28. The van der Waals surface area contributed by atoms with E-state index in [9.17, 15) is 13.2 Å². The molecule has 3 aromatic rings. The molecule has 0 fully saturated rings. The summed E-state index contributed by atoms with van der Waals surface area (Å²) in [5, 5.41) is 5.43. The summed E-state index contributed by atoms with van der Waals surface area (Å²) in [4.78, 5) is 15.1. The van der Waals surface area contributed by atoms with Gasteiger partial charge in [-0.3, -0.25) is 14.4 Å². The highest BCUT2D eigenvalue weighted by atomic mass is 35.5. The second-order valence-corrected chi connectivity index (χ2v) is 9.22. The smallest absolute Gasteiger partial charge is 0.251 e. The lowest BCUT2D eigenvalue weighted by Gasteiger charge is -2.31. The number of anilines is 1. The van der Waals surface area contributed by atoms with Crippen molar-refractivity contribution < 1.29 is 13.2 Å². The highest BCUT2D eigenvalue weighted by molar-refractivity contribution is 7.92. The number of sulfonamides is 1. The molecular formula is C24H30ClN3O3S. The topological polar surface area (TPSA) is 78.5 Å². The molecule has 0 saturated carbocycles. The summed E-state index contributed by atoms with van der Waals surface area (Å²) < 4.78 is 25.1. The van der Waals surface area contributed by atoms with Gasteiger partial charge in [-0.15, -0.1) is 12.4 Å². The zero-order chi connectivity index (χ0) is 22.4. The molecule has 0 aromatic heterocycles. The summed E-state index contributed by atoms with van der Waals surface area (Å²) in [6.45, 7) is 6.45. The van der Waals surface area contributed by atoms with E-state index in [4.69, 9.17) is 0 Å². The molecule has 3 rings (SSSR count). The van der Waals surface area contributed by atoms with Crippen molar-refractivity contribution in [3.8, 4) is 0 Å². The van der Waals surface area contributed by atoms with E-state index in [-0.39, 0.29) is 24.4 Å². The normalized spacial score (nSPS) is 12.2. The van der Waals surface area contributed by atoms with Crippen LogP contribution in [0.5, 0.6) is 0 Å². The molecule has 0 aliphatic rings. The van der Waals surface area contributed by atoms with Crippen LogP contribution in [-0.2, 0) is 10.0 Å². The molecule has 1 unspecified atom stereocenters. The minimum atomic E-state index is -3.35. The molecule has 32 heavy (non-hydrogen) atoms. The summed E-state index contributed by atoms with van der Waals surface area (Å²) in [7, 11) is -3.35. The molecule has 1 atom stereocenters. The number of nitrogens with one attached hydrogen (secondary N) is 2. The van der Waals surface area contributed by atoms with Crippen LogP contribution in [-0.4, -0.2) is 45.1 Å². The summed E-state index contributed by atoms with van der Waals surface area (Å²) in [5.74, 6) is -0.191. The van der Waals surface area contributed by atoms with Gasteiger partial charge in [0.1, 0.15) is 0 Å². The maximum absolute atomic E-state index is 12.8. The van der Waals surface area contributed by atoms with E-state index in [1.807, 2.05) is 12.1 Å². The van der Waals surface area contributed by atoms with E-state index in [0.29, 0.717) is 17.8 Å². The van der Waals surface area contributed by atoms with E-state index in [1.165, 1.54) is 16.3 Å². The van der Waals surface area contributed by atoms with Crippen LogP contribution < -0.4 is 10.0 Å². The van der Waals surface area contributed by atoms with E-state index >= 15 is 0 Å². The molecule has 1 amide bonds. The SMILES string of the molecule is CCN(CC)C(CNC(=O)c1ccc(NS(C)(=O)=O)cc1)c1cccc2ccccc12.Cl. The van der Waals surface area contributed by atoms with Gasteiger partial charge in [-0.1, -0.05) is 56.3 Å². The maximum atomic E-state index is 12.8. The lowest BCUT2D eigenvalue weighted by atomic mass is 9.97. The van der Waals surface area contributed by atoms with Crippen LogP contribution in [0, 0.1) is 0 Å². The number of fused-ring (bicyclic) bond motifs is 1. The predicted molar refractivity (Wildman–Crippen MR) is 134 cm³/mol. The number of halogens is 1. The average molecular weight is 476 g/mol. The summed E-state index contributed by atoms with van der Waals surface area (Å²) in [5.41, 5.74) is 2.10. The highest BCUT2D eigenvalue weighted by Gasteiger charge is 2.21. The number of hydrogen-bond acceptors (Lipinski definition) is 4. The van der Waals surface area contributed by atoms with E-state index in [2.05, 4.69) is 59.1 Å². The lowest BCUT2D eigenvalue weighted by Crippen LogP contribution is -2.38. The Morgan fingerprint density at radius 3 is 2.19 bits per heavy atom. The molecule has 2 N–H and O–H groups in total. The van der Waals surface area contributed by atoms with Crippen molar-refractivity contribution >= 4 is 44.8 Å². The number of benzene rings is 3. The molecule has 8 heteroatoms. The van der Waals surface area contributed by atoms with Crippen LogP contribution in [0.4, 0.5) is 5.69 Å².